The molecule has 7 heteroatoms. The molecule has 0 saturated carbocycles. The summed E-state index contributed by atoms with van der Waals surface area (Å²) in [5.41, 5.74) is 0.608. The first kappa shape index (κ1) is 14.1. The number of hydrogen-bond acceptors (Lipinski definition) is 5. The number of rotatable bonds is 4. The van der Waals surface area contributed by atoms with Gasteiger partial charge in [-0.3, -0.25) is 14.9 Å². The van der Waals surface area contributed by atoms with E-state index in [1.165, 1.54) is 12.4 Å². The maximum atomic E-state index is 11.7. The molecular weight excluding hydrogens is 260 g/mol. The fourth-order valence-electron chi connectivity index (χ4n) is 2.16. The summed E-state index contributed by atoms with van der Waals surface area (Å²) in [5, 5.41) is 14.6. The third kappa shape index (κ3) is 2.39. The monoisotopic (exact) mass is 276 g/mol. The molecule has 2 atom stereocenters. The van der Waals surface area contributed by atoms with E-state index >= 15 is 0 Å². The number of benzene rings is 1. The van der Waals surface area contributed by atoms with Crippen molar-refractivity contribution in [1.29, 1.82) is 0 Å². The third-order valence-corrected chi connectivity index (χ3v) is 3.68. The number of aromatic nitrogens is 2. The van der Waals surface area contributed by atoms with E-state index in [1.54, 1.807) is 13.1 Å². The van der Waals surface area contributed by atoms with Gasteiger partial charge in [-0.25, -0.2) is 4.98 Å². The van der Waals surface area contributed by atoms with Gasteiger partial charge in [0.2, 0.25) is 0 Å². The SMILES string of the molecule is CNC(C)C(C)c1cc2nc[nH]c(=O)c2cc1[N+](=O)[O-]. The Hall–Kier alpha value is -2.28. The van der Waals surface area contributed by atoms with Crippen LogP contribution in [0.2, 0.25) is 0 Å². The Kier molecular flexibility index (Phi) is 3.80. The summed E-state index contributed by atoms with van der Waals surface area (Å²) in [4.78, 5) is 29.0. The summed E-state index contributed by atoms with van der Waals surface area (Å²) in [6.07, 6.45) is 1.30. The summed E-state index contributed by atoms with van der Waals surface area (Å²) in [6.45, 7) is 3.85. The molecule has 1 aromatic carbocycles. The van der Waals surface area contributed by atoms with Gasteiger partial charge in [-0.1, -0.05) is 6.92 Å². The lowest BCUT2D eigenvalue weighted by atomic mass is 9.92. The van der Waals surface area contributed by atoms with Crippen molar-refractivity contribution in [1.82, 2.24) is 15.3 Å². The van der Waals surface area contributed by atoms with Gasteiger partial charge >= 0.3 is 0 Å². The molecular formula is C13H16N4O3. The minimum absolute atomic E-state index is 0.0504. The molecule has 1 heterocycles. The second-order valence-corrected chi connectivity index (χ2v) is 4.78. The highest BCUT2D eigenvalue weighted by Gasteiger charge is 2.24. The summed E-state index contributed by atoms with van der Waals surface area (Å²) >= 11 is 0. The van der Waals surface area contributed by atoms with E-state index in [0.29, 0.717) is 11.1 Å². The largest absolute Gasteiger partial charge is 0.317 e. The lowest BCUT2D eigenvalue weighted by Gasteiger charge is -2.19. The summed E-state index contributed by atoms with van der Waals surface area (Å²) in [6, 6.07) is 2.99. The summed E-state index contributed by atoms with van der Waals surface area (Å²) in [5.74, 6) is -0.0779. The minimum Gasteiger partial charge on any atom is -0.317 e. The van der Waals surface area contributed by atoms with Crippen LogP contribution < -0.4 is 10.9 Å². The van der Waals surface area contributed by atoms with Crippen LogP contribution in [0.15, 0.2) is 23.3 Å². The summed E-state index contributed by atoms with van der Waals surface area (Å²) < 4.78 is 0. The third-order valence-electron chi connectivity index (χ3n) is 3.68. The van der Waals surface area contributed by atoms with Crippen molar-refractivity contribution >= 4 is 16.6 Å². The van der Waals surface area contributed by atoms with Gasteiger partial charge in [0.05, 0.1) is 22.2 Å². The molecule has 2 rings (SSSR count). The molecule has 106 valence electrons. The molecule has 0 radical (unpaired) electrons. The van der Waals surface area contributed by atoms with Gasteiger partial charge in [0.25, 0.3) is 11.2 Å². The number of hydrogen-bond donors (Lipinski definition) is 2. The molecule has 7 nitrogen and oxygen atoms in total. The zero-order valence-electron chi connectivity index (χ0n) is 11.5. The van der Waals surface area contributed by atoms with E-state index < -0.39 is 4.92 Å². The lowest BCUT2D eigenvalue weighted by molar-refractivity contribution is -0.385. The predicted octanol–water partition coefficient (Wildman–Crippen LogP) is 1.54. The smallest absolute Gasteiger partial charge is 0.273 e. The number of H-pyrrole nitrogens is 1. The van der Waals surface area contributed by atoms with Crippen molar-refractivity contribution in [3.05, 3.63) is 44.5 Å². The molecule has 2 unspecified atom stereocenters. The second kappa shape index (κ2) is 5.38. The van der Waals surface area contributed by atoms with Gasteiger partial charge in [-0.2, -0.15) is 0 Å². The van der Waals surface area contributed by atoms with E-state index in [2.05, 4.69) is 15.3 Å². The highest BCUT2D eigenvalue weighted by molar-refractivity contribution is 5.81. The van der Waals surface area contributed by atoms with E-state index in [0.717, 1.165) is 0 Å². The fourth-order valence-corrected chi connectivity index (χ4v) is 2.16. The van der Waals surface area contributed by atoms with E-state index in [4.69, 9.17) is 0 Å². The molecule has 0 aliphatic heterocycles. The van der Waals surface area contributed by atoms with Gasteiger partial charge in [0.1, 0.15) is 0 Å². The van der Waals surface area contributed by atoms with E-state index in [1.807, 2.05) is 13.8 Å². The topological polar surface area (TPSA) is 101 Å². The van der Waals surface area contributed by atoms with Crippen molar-refractivity contribution < 1.29 is 4.92 Å². The normalized spacial score (nSPS) is 14.2. The van der Waals surface area contributed by atoms with Crippen molar-refractivity contribution in [2.75, 3.05) is 7.05 Å². The van der Waals surface area contributed by atoms with Crippen LogP contribution in [0.25, 0.3) is 10.9 Å². The first-order valence-corrected chi connectivity index (χ1v) is 6.28. The molecule has 0 bridgehead atoms. The highest BCUT2D eigenvalue weighted by Crippen LogP contribution is 2.31. The minimum atomic E-state index is -0.458. The Morgan fingerprint density at radius 1 is 1.40 bits per heavy atom. The average molecular weight is 276 g/mol. The highest BCUT2D eigenvalue weighted by atomic mass is 16.6. The number of nitro benzene ring substituents is 1. The average Bonchev–Trinajstić information content (AvgIpc) is 2.44. The van der Waals surface area contributed by atoms with Gasteiger partial charge < -0.3 is 10.3 Å². The van der Waals surface area contributed by atoms with Crippen LogP contribution >= 0.6 is 0 Å². The molecule has 1 aromatic heterocycles. The number of nitro groups is 1. The Balaban J connectivity index is 2.72. The van der Waals surface area contributed by atoms with Crippen molar-refractivity contribution in [2.24, 2.45) is 0 Å². The fraction of sp³-hybridized carbons (Fsp3) is 0.385. The van der Waals surface area contributed by atoms with Gasteiger partial charge in [0, 0.05) is 23.6 Å². The molecule has 0 amide bonds. The quantitative estimate of drug-likeness (QED) is 0.651. The Bertz CT molecular complexity index is 710. The second-order valence-electron chi connectivity index (χ2n) is 4.78. The zero-order chi connectivity index (χ0) is 14.9. The van der Waals surface area contributed by atoms with Crippen LogP contribution in [-0.2, 0) is 0 Å². The van der Waals surface area contributed by atoms with E-state index in [-0.39, 0.29) is 28.6 Å². The molecule has 0 fully saturated rings. The van der Waals surface area contributed by atoms with Crippen LogP contribution in [-0.4, -0.2) is 28.0 Å². The maximum absolute atomic E-state index is 11.7. The number of nitrogens with one attached hydrogen (secondary N) is 2. The van der Waals surface area contributed by atoms with Gasteiger partial charge in [-0.05, 0) is 20.0 Å². The Morgan fingerprint density at radius 3 is 2.70 bits per heavy atom. The molecule has 0 spiro atoms. The zero-order valence-corrected chi connectivity index (χ0v) is 11.5. The first-order valence-electron chi connectivity index (χ1n) is 6.28. The number of aromatic amines is 1. The molecule has 0 aliphatic rings. The first-order chi connectivity index (χ1) is 9.45. The van der Waals surface area contributed by atoms with Gasteiger partial charge in [0.15, 0.2) is 0 Å². The number of nitrogens with zero attached hydrogens (tertiary/aromatic N) is 2. The molecule has 2 N–H and O–H groups in total. The predicted molar refractivity (Wildman–Crippen MR) is 76.0 cm³/mol. The van der Waals surface area contributed by atoms with Crippen LogP contribution in [0.3, 0.4) is 0 Å². The molecule has 0 saturated heterocycles. The van der Waals surface area contributed by atoms with Crippen LogP contribution in [0.4, 0.5) is 5.69 Å². The van der Waals surface area contributed by atoms with Crippen molar-refractivity contribution in [3.8, 4) is 0 Å². The molecule has 20 heavy (non-hydrogen) atoms. The molecule has 0 aliphatic carbocycles. The lowest BCUT2D eigenvalue weighted by Crippen LogP contribution is -2.27. The maximum Gasteiger partial charge on any atom is 0.273 e. The van der Waals surface area contributed by atoms with Crippen molar-refractivity contribution in [3.63, 3.8) is 0 Å². The van der Waals surface area contributed by atoms with Crippen LogP contribution in [0.1, 0.15) is 25.3 Å². The van der Waals surface area contributed by atoms with Crippen molar-refractivity contribution in [2.45, 2.75) is 25.8 Å². The van der Waals surface area contributed by atoms with Crippen LogP contribution in [0.5, 0.6) is 0 Å². The number of fused-ring (bicyclic) bond motifs is 1. The molecule has 2 aromatic rings. The summed E-state index contributed by atoms with van der Waals surface area (Å²) in [7, 11) is 1.80. The standard InChI is InChI=1S/C13H16N4O3/c1-7(8(2)14-3)9-4-11-10(5-12(9)17(19)20)13(18)16-6-15-11/h4-8,14H,1-3H3,(H,15,16,18). The van der Waals surface area contributed by atoms with Crippen LogP contribution in [0, 0.1) is 10.1 Å². The Labute approximate surface area is 115 Å². The van der Waals surface area contributed by atoms with Gasteiger partial charge in [-0.15, -0.1) is 0 Å². The van der Waals surface area contributed by atoms with E-state index in [9.17, 15) is 14.9 Å². The number of likely N-dealkylation sites (N-methyl/N-ethyl adjacent to an activating group) is 1. The Morgan fingerprint density at radius 2 is 2.10 bits per heavy atom.